The van der Waals surface area contributed by atoms with Crippen LogP contribution in [-0.4, -0.2) is 40.9 Å². The highest BCUT2D eigenvalue weighted by molar-refractivity contribution is 9.10. The Morgan fingerprint density at radius 1 is 1.26 bits per heavy atom. The predicted octanol–water partition coefficient (Wildman–Crippen LogP) is 3.56. The van der Waals surface area contributed by atoms with E-state index in [0.717, 1.165) is 11.3 Å². The molecule has 2 heterocycles. The predicted molar refractivity (Wildman–Crippen MR) is 117 cm³/mol. The summed E-state index contributed by atoms with van der Waals surface area (Å²) in [5.74, 6) is -0.401. The van der Waals surface area contributed by atoms with E-state index in [9.17, 15) is 14.0 Å². The first-order chi connectivity index (χ1) is 14.9. The average Bonchev–Trinajstić information content (AvgIpc) is 3.18. The molecule has 4 rings (SSSR count). The molecule has 9 heteroatoms. The van der Waals surface area contributed by atoms with Crippen molar-refractivity contribution in [2.24, 2.45) is 0 Å². The number of ether oxygens (including phenoxy) is 1. The monoisotopic (exact) mass is 488 g/mol. The van der Waals surface area contributed by atoms with Crippen LogP contribution in [0.15, 0.2) is 59.3 Å². The highest BCUT2D eigenvalue weighted by Crippen LogP contribution is 2.31. The van der Waals surface area contributed by atoms with Gasteiger partial charge in [-0.3, -0.25) is 9.59 Å². The van der Waals surface area contributed by atoms with Crippen LogP contribution in [0.3, 0.4) is 0 Å². The number of carbonyl (C=O) groups is 2. The minimum atomic E-state index is -0.549. The normalized spacial score (nSPS) is 20.0. The lowest BCUT2D eigenvalue weighted by Crippen LogP contribution is -2.49. The zero-order chi connectivity index (χ0) is 22.0. The van der Waals surface area contributed by atoms with Gasteiger partial charge in [-0.1, -0.05) is 28.1 Å². The molecule has 0 radical (unpaired) electrons. The molecule has 0 bridgehead atoms. The zero-order valence-corrected chi connectivity index (χ0v) is 18.4. The Kier molecular flexibility index (Phi) is 6.24. The largest absolute Gasteiger partial charge is 0.494 e. The van der Waals surface area contributed by atoms with Crippen LogP contribution in [0, 0.1) is 5.82 Å². The maximum atomic E-state index is 14.0. The second-order valence-corrected chi connectivity index (χ2v) is 8.19. The summed E-state index contributed by atoms with van der Waals surface area (Å²) >= 11 is 3.18. The third-order valence-electron chi connectivity index (χ3n) is 5.19. The quantitative estimate of drug-likeness (QED) is 0.650. The van der Waals surface area contributed by atoms with E-state index in [4.69, 9.17) is 4.74 Å². The Morgan fingerprint density at radius 2 is 2.03 bits per heavy atom. The number of carbonyl (C=O) groups excluding carboxylic acids is 2. The maximum absolute atomic E-state index is 14.0. The summed E-state index contributed by atoms with van der Waals surface area (Å²) in [6.07, 6.45) is 3.87. The van der Waals surface area contributed by atoms with Crippen molar-refractivity contribution < 1.29 is 18.7 Å². The van der Waals surface area contributed by atoms with Crippen LogP contribution < -0.4 is 15.5 Å². The molecule has 7 nitrogen and oxygen atoms in total. The fraction of sp³-hybridized carbons (Fsp3) is 0.273. The van der Waals surface area contributed by atoms with Gasteiger partial charge in [-0.15, -0.1) is 0 Å². The summed E-state index contributed by atoms with van der Waals surface area (Å²) in [6.45, 7) is 2.35. The number of hydrazine groups is 1. The van der Waals surface area contributed by atoms with E-state index in [0.29, 0.717) is 17.5 Å². The molecule has 2 N–H and O–H groups in total. The standard InChI is InChI=1S/C22H22BrFN4O3/c1-2-31-16-6-3-14(4-7-16)19-12-20-22(30)27(9-10-28(20)26-19)13-21(29)25-18-8-5-15(23)11-17(18)24/h3-11,19-20,26H,2,12-13H2,1H3,(H,25,29). The Bertz CT molecular complexity index is 1010. The molecule has 31 heavy (non-hydrogen) atoms. The molecule has 0 spiro atoms. The molecule has 2 aromatic carbocycles. The van der Waals surface area contributed by atoms with Crippen LogP contribution in [-0.2, 0) is 9.59 Å². The van der Waals surface area contributed by atoms with Crippen molar-refractivity contribution in [3.05, 3.63) is 70.7 Å². The van der Waals surface area contributed by atoms with Gasteiger partial charge in [0.25, 0.3) is 5.91 Å². The number of amides is 2. The summed E-state index contributed by atoms with van der Waals surface area (Å²) < 4.78 is 20.0. The first-order valence-corrected chi connectivity index (χ1v) is 10.7. The van der Waals surface area contributed by atoms with Crippen LogP contribution in [0.1, 0.15) is 24.9 Å². The molecule has 2 aromatic rings. The van der Waals surface area contributed by atoms with Gasteiger partial charge in [0.15, 0.2) is 0 Å². The Morgan fingerprint density at radius 3 is 2.74 bits per heavy atom. The number of hydrogen-bond donors (Lipinski definition) is 2. The molecule has 0 saturated carbocycles. The van der Waals surface area contributed by atoms with E-state index in [2.05, 4.69) is 26.7 Å². The van der Waals surface area contributed by atoms with E-state index in [1.54, 1.807) is 23.5 Å². The second kappa shape index (κ2) is 9.07. The lowest BCUT2D eigenvalue weighted by molar-refractivity contribution is -0.137. The van der Waals surface area contributed by atoms with Crippen LogP contribution >= 0.6 is 15.9 Å². The molecule has 2 aliphatic heterocycles. The molecular formula is C22H22BrFN4O3. The Hall–Kier alpha value is -2.91. The SMILES string of the molecule is CCOc1ccc(C2CC3C(=O)N(CC(=O)Nc4ccc(Br)cc4F)C=CN3N2)cc1. The molecule has 0 aromatic heterocycles. The maximum Gasteiger partial charge on any atom is 0.251 e. The number of fused-ring (bicyclic) bond motifs is 1. The summed E-state index contributed by atoms with van der Waals surface area (Å²) in [5, 5.41) is 4.28. The smallest absolute Gasteiger partial charge is 0.251 e. The summed E-state index contributed by atoms with van der Waals surface area (Å²) in [5.41, 5.74) is 4.44. The first-order valence-electron chi connectivity index (χ1n) is 9.95. The Balaban J connectivity index is 1.38. The van der Waals surface area contributed by atoms with Crippen molar-refractivity contribution in [2.75, 3.05) is 18.5 Å². The van der Waals surface area contributed by atoms with Gasteiger partial charge in [-0.2, -0.15) is 0 Å². The fourth-order valence-electron chi connectivity index (χ4n) is 3.68. The number of nitrogens with one attached hydrogen (secondary N) is 2. The molecule has 2 amide bonds. The molecule has 2 atom stereocenters. The van der Waals surface area contributed by atoms with Gasteiger partial charge in [0.1, 0.15) is 24.2 Å². The van der Waals surface area contributed by atoms with E-state index in [-0.39, 0.29) is 24.2 Å². The van der Waals surface area contributed by atoms with Gasteiger partial charge in [-0.25, -0.2) is 9.82 Å². The van der Waals surface area contributed by atoms with Crippen molar-refractivity contribution >= 4 is 33.4 Å². The second-order valence-electron chi connectivity index (χ2n) is 7.28. The van der Waals surface area contributed by atoms with Gasteiger partial charge in [0, 0.05) is 16.9 Å². The van der Waals surface area contributed by atoms with E-state index in [1.165, 1.54) is 17.0 Å². The van der Waals surface area contributed by atoms with Gasteiger partial charge in [-0.05, 0) is 49.2 Å². The van der Waals surface area contributed by atoms with Crippen LogP contribution in [0.2, 0.25) is 0 Å². The summed E-state index contributed by atoms with van der Waals surface area (Å²) in [4.78, 5) is 26.7. The molecule has 162 valence electrons. The number of benzene rings is 2. The van der Waals surface area contributed by atoms with Crippen LogP contribution in [0.4, 0.5) is 10.1 Å². The van der Waals surface area contributed by atoms with Gasteiger partial charge in [0.05, 0.1) is 18.3 Å². The highest BCUT2D eigenvalue weighted by atomic mass is 79.9. The third kappa shape index (κ3) is 4.72. The van der Waals surface area contributed by atoms with Crippen molar-refractivity contribution in [1.29, 1.82) is 0 Å². The number of nitrogens with zero attached hydrogens (tertiary/aromatic N) is 2. The van der Waals surface area contributed by atoms with E-state index >= 15 is 0 Å². The molecule has 1 saturated heterocycles. The van der Waals surface area contributed by atoms with Crippen LogP contribution in [0.5, 0.6) is 5.75 Å². The molecule has 0 aliphatic carbocycles. The van der Waals surface area contributed by atoms with Gasteiger partial charge in [0.2, 0.25) is 5.91 Å². The summed E-state index contributed by atoms with van der Waals surface area (Å²) in [7, 11) is 0. The average molecular weight is 489 g/mol. The first kappa shape index (κ1) is 21.3. The van der Waals surface area contributed by atoms with Crippen molar-refractivity contribution in [1.82, 2.24) is 15.3 Å². The van der Waals surface area contributed by atoms with Crippen molar-refractivity contribution in [2.45, 2.75) is 25.4 Å². The number of anilines is 1. The molecular weight excluding hydrogens is 467 g/mol. The highest BCUT2D eigenvalue weighted by Gasteiger charge is 2.40. The third-order valence-corrected chi connectivity index (χ3v) is 5.68. The minimum absolute atomic E-state index is 0.0279. The van der Waals surface area contributed by atoms with Gasteiger partial charge < -0.3 is 20.0 Å². The van der Waals surface area contributed by atoms with Crippen molar-refractivity contribution in [3.8, 4) is 5.75 Å². The zero-order valence-electron chi connectivity index (χ0n) is 16.8. The van der Waals surface area contributed by atoms with E-state index < -0.39 is 17.8 Å². The number of halogens is 2. The Labute approximate surface area is 187 Å². The van der Waals surface area contributed by atoms with Gasteiger partial charge >= 0.3 is 0 Å². The minimum Gasteiger partial charge on any atom is -0.494 e. The molecule has 2 unspecified atom stereocenters. The lowest BCUT2D eigenvalue weighted by Gasteiger charge is -2.31. The lowest BCUT2D eigenvalue weighted by atomic mass is 10.0. The number of rotatable bonds is 6. The van der Waals surface area contributed by atoms with Crippen molar-refractivity contribution in [3.63, 3.8) is 0 Å². The van der Waals surface area contributed by atoms with E-state index in [1.807, 2.05) is 31.2 Å². The summed E-state index contributed by atoms with van der Waals surface area (Å²) in [6, 6.07) is 11.7. The van der Waals surface area contributed by atoms with Crippen LogP contribution in [0.25, 0.3) is 0 Å². The topological polar surface area (TPSA) is 73.9 Å². The number of hydrogen-bond acceptors (Lipinski definition) is 5. The molecule has 1 fully saturated rings. The molecule has 2 aliphatic rings. The fourth-order valence-corrected chi connectivity index (χ4v) is 4.02.